The second-order valence-electron chi connectivity index (χ2n) is 7.89. The number of nitrogens with zero attached hydrogens (tertiary/aromatic N) is 1. The molecular weight excluding hydrogens is 451 g/mol. The summed E-state index contributed by atoms with van der Waals surface area (Å²) in [7, 11) is 0. The molecule has 168 valence electrons. The van der Waals surface area contributed by atoms with E-state index in [9.17, 15) is 9.59 Å². The van der Waals surface area contributed by atoms with Gasteiger partial charge >= 0.3 is 0 Å². The monoisotopic (exact) mass is 480 g/mol. The summed E-state index contributed by atoms with van der Waals surface area (Å²) in [6.07, 6.45) is 0.493. The fourth-order valence-corrected chi connectivity index (χ4v) is 4.36. The first-order valence-electron chi connectivity index (χ1n) is 10.4. The quantitative estimate of drug-likeness (QED) is 0.425. The molecule has 0 saturated heterocycles. The van der Waals surface area contributed by atoms with Gasteiger partial charge in [0.25, 0.3) is 0 Å². The van der Waals surface area contributed by atoms with Crippen LogP contribution in [0.2, 0.25) is 10.0 Å². The molecule has 2 aromatic carbocycles. The van der Waals surface area contributed by atoms with Crippen LogP contribution in [-0.4, -0.2) is 35.1 Å². The van der Waals surface area contributed by atoms with E-state index in [1.807, 2.05) is 52.0 Å². The average Bonchev–Trinajstić information content (AvgIpc) is 2.73. The summed E-state index contributed by atoms with van der Waals surface area (Å²) >= 11 is 14.2. The zero-order chi connectivity index (χ0) is 23.0. The van der Waals surface area contributed by atoms with Crippen LogP contribution in [0.3, 0.4) is 0 Å². The van der Waals surface area contributed by atoms with Gasteiger partial charge in [0.15, 0.2) is 0 Å². The molecule has 31 heavy (non-hydrogen) atoms. The largest absolute Gasteiger partial charge is 0.354 e. The van der Waals surface area contributed by atoms with Crippen molar-refractivity contribution in [1.82, 2.24) is 10.2 Å². The Morgan fingerprint density at radius 1 is 1.06 bits per heavy atom. The number of amides is 2. The van der Waals surface area contributed by atoms with Gasteiger partial charge in [-0.3, -0.25) is 9.59 Å². The Morgan fingerprint density at radius 2 is 1.68 bits per heavy atom. The van der Waals surface area contributed by atoms with Crippen LogP contribution in [0.1, 0.15) is 38.3 Å². The number of rotatable bonds is 10. The van der Waals surface area contributed by atoms with Gasteiger partial charge in [-0.25, -0.2) is 0 Å². The molecule has 0 unspecified atom stereocenters. The summed E-state index contributed by atoms with van der Waals surface area (Å²) in [5, 5.41) is 3.92. The topological polar surface area (TPSA) is 49.4 Å². The van der Waals surface area contributed by atoms with Crippen LogP contribution < -0.4 is 5.32 Å². The highest BCUT2D eigenvalue weighted by atomic mass is 35.5. The third-order valence-corrected chi connectivity index (χ3v) is 6.55. The molecule has 2 rings (SSSR count). The van der Waals surface area contributed by atoms with E-state index in [4.69, 9.17) is 23.2 Å². The zero-order valence-electron chi connectivity index (χ0n) is 18.5. The van der Waals surface area contributed by atoms with Crippen LogP contribution in [0.5, 0.6) is 0 Å². The summed E-state index contributed by atoms with van der Waals surface area (Å²) in [4.78, 5) is 28.8. The molecule has 0 saturated carbocycles. The predicted molar refractivity (Wildman–Crippen MR) is 131 cm³/mol. The SMILES string of the molecule is CC[C@@H](C(=O)NCC(C)C)N(Cc1c(Cl)cccc1Cl)C(=O)CSc1ccc(C)cc1. The van der Waals surface area contributed by atoms with Gasteiger partial charge in [0.1, 0.15) is 6.04 Å². The first-order valence-corrected chi connectivity index (χ1v) is 12.2. The number of hydrogen-bond donors (Lipinski definition) is 1. The van der Waals surface area contributed by atoms with Crippen LogP contribution in [0, 0.1) is 12.8 Å². The predicted octanol–water partition coefficient (Wildman–Crippen LogP) is 5.97. The Hall–Kier alpha value is -1.69. The Balaban J connectivity index is 2.25. The summed E-state index contributed by atoms with van der Waals surface area (Å²) in [5.41, 5.74) is 1.81. The Kier molecular flexibility index (Phi) is 10.2. The smallest absolute Gasteiger partial charge is 0.242 e. The first-order chi connectivity index (χ1) is 14.7. The van der Waals surface area contributed by atoms with Crippen molar-refractivity contribution >= 4 is 46.8 Å². The lowest BCUT2D eigenvalue weighted by molar-refractivity contribution is -0.139. The van der Waals surface area contributed by atoms with Gasteiger partial charge < -0.3 is 10.2 Å². The molecule has 7 heteroatoms. The number of carbonyl (C=O) groups excluding carboxylic acids is 2. The second-order valence-corrected chi connectivity index (χ2v) is 9.75. The van der Waals surface area contributed by atoms with Crippen molar-refractivity contribution in [2.24, 2.45) is 5.92 Å². The van der Waals surface area contributed by atoms with Crippen LogP contribution in [-0.2, 0) is 16.1 Å². The number of hydrogen-bond acceptors (Lipinski definition) is 3. The average molecular weight is 481 g/mol. The number of nitrogens with one attached hydrogen (secondary N) is 1. The maximum absolute atomic E-state index is 13.3. The van der Waals surface area contributed by atoms with Gasteiger partial charge in [0.2, 0.25) is 11.8 Å². The third-order valence-electron chi connectivity index (χ3n) is 4.84. The first kappa shape index (κ1) is 25.6. The zero-order valence-corrected chi connectivity index (χ0v) is 20.8. The van der Waals surface area contributed by atoms with E-state index in [0.29, 0.717) is 34.5 Å². The molecule has 0 fully saturated rings. The number of halogens is 2. The summed E-state index contributed by atoms with van der Waals surface area (Å²) in [6, 6.07) is 12.7. The highest BCUT2D eigenvalue weighted by Crippen LogP contribution is 2.28. The highest BCUT2D eigenvalue weighted by Gasteiger charge is 2.29. The summed E-state index contributed by atoms with van der Waals surface area (Å²) < 4.78 is 0. The Morgan fingerprint density at radius 3 is 2.23 bits per heavy atom. The molecule has 0 aromatic heterocycles. The molecule has 1 N–H and O–H groups in total. The fourth-order valence-electron chi connectivity index (χ4n) is 3.06. The van der Waals surface area contributed by atoms with Gasteiger partial charge in [-0.05, 0) is 43.5 Å². The van der Waals surface area contributed by atoms with E-state index >= 15 is 0 Å². The van der Waals surface area contributed by atoms with Crippen LogP contribution in [0.25, 0.3) is 0 Å². The van der Waals surface area contributed by atoms with Crippen molar-refractivity contribution < 1.29 is 9.59 Å². The van der Waals surface area contributed by atoms with E-state index in [0.717, 1.165) is 4.90 Å². The number of benzene rings is 2. The van der Waals surface area contributed by atoms with Gasteiger partial charge in [-0.1, -0.05) is 67.7 Å². The molecule has 0 heterocycles. The summed E-state index contributed by atoms with van der Waals surface area (Å²) in [5.74, 6) is 0.251. The van der Waals surface area contributed by atoms with Gasteiger partial charge in [0.05, 0.1) is 5.75 Å². The number of aryl methyl sites for hydroxylation is 1. The van der Waals surface area contributed by atoms with Crippen molar-refractivity contribution in [1.29, 1.82) is 0 Å². The highest BCUT2D eigenvalue weighted by molar-refractivity contribution is 8.00. The molecule has 0 aliphatic carbocycles. The van der Waals surface area contributed by atoms with E-state index in [1.165, 1.54) is 17.3 Å². The Bertz CT molecular complexity index is 867. The summed E-state index contributed by atoms with van der Waals surface area (Å²) in [6.45, 7) is 8.73. The van der Waals surface area contributed by atoms with Crippen molar-refractivity contribution in [3.05, 3.63) is 63.6 Å². The molecule has 4 nitrogen and oxygen atoms in total. The van der Waals surface area contributed by atoms with E-state index < -0.39 is 6.04 Å². The molecule has 1 atom stereocenters. The number of carbonyl (C=O) groups is 2. The minimum absolute atomic E-state index is 0.131. The molecule has 0 bridgehead atoms. The van der Waals surface area contributed by atoms with Gasteiger partial charge in [0, 0.05) is 33.6 Å². The standard InChI is InChI=1S/C24H30Cl2N2O2S/c1-5-22(24(30)27-13-16(2)3)28(14-19-20(25)7-6-8-21(19)26)23(29)15-31-18-11-9-17(4)10-12-18/h6-12,16,22H,5,13-15H2,1-4H3,(H,27,30)/t22-/m0/s1. The van der Waals surface area contributed by atoms with Crippen molar-refractivity contribution in [2.75, 3.05) is 12.3 Å². The number of thioether (sulfide) groups is 1. The Labute approximate surface area is 199 Å². The van der Waals surface area contributed by atoms with E-state index in [2.05, 4.69) is 5.32 Å². The fraction of sp³-hybridized carbons (Fsp3) is 0.417. The third kappa shape index (κ3) is 7.74. The van der Waals surface area contributed by atoms with Crippen LogP contribution in [0.15, 0.2) is 47.4 Å². The molecule has 0 aliphatic heterocycles. The maximum Gasteiger partial charge on any atom is 0.242 e. The van der Waals surface area contributed by atoms with E-state index in [-0.39, 0.29) is 24.1 Å². The van der Waals surface area contributed by atoms with Crippen LogP contribution in [0.4, 0.5) is 0 Å². The van der Waals surface area contributed by atoms with Crippen LogP contribution >= 0.6 is 35.0 Å². The molecule has 0 radical (unpaired) electrons. The lowest BCUT2D eigenvalue weighted by Gasteiger charge is -2.31. The van der Waals surface area contributed by atoms with Crippen molar-refractivity contribution in [3.8, 4) is 0 Å². The normalized spacial score (nSPS) is 12.0. The molecular formula is C24H30Cl2N2O2S. The minimum atomic E-state index is -0.600. The van der Waals surface area contributed by atoms with Gasteiger partial charge in [-0.2, -0.15) is 0 Å². The van der Waals surface area contributed by atoms with Crippen molar-refractivity contribution in [3.63, 3.8) is 0 Å². The molecule has 0 aliphatic rings. The molecule has 2 aromatic rings. The lowest BCUT2D eigenvalue weighted by atomic mass is 10.1. The molecule has 2 amide bonds. The molecule has 0 spiro atoms. The lowest BCUT2D eigenvalue weighted by Crippen LogP contribution is -2.50. The van der Waals surface area contributed by atoms with Gasteiger partial charge in [-0.15, -0.1) is 11.8 Å². The minimum Gasteiger partial charge on any atom is -0.354 e. The maximum atomic E-state index is 13.3. The second kappa shape index (κ2) is 12.4. The van der Waals surface area contributed by atoms with E-state index in [1.54, 1.807) is 23.1 Å². The van der Waals surface area contributed by atoms with Crippen molar-refractivity contribution in [2.45, 2.75) is 51.6 Å².